The Kier molecular flexibility index (Phi) is 18.0. The van der Waals surface area contributed by atoms with Crippen LogP contribution in [0.15, 0.2) is 359 Å². The van der Waals surface area contributed by atoms with Crippen LogP contribution in [0, 0.1) is 0 Å². The number of hydrogen-bond donors (Lipinski definition) is 6. The summed E-state index contributed by atoms with van der Waals surface area (Å²) in [4.78, 5) is -0.278. The van der Waals surface area contributed by atoms with Crippen LogP contribution in [0.3, 0.4) is 0 Å². The molecule has 0 aliphatic rings. The lowest BCUT2D eigenvalue weighted by Gasteiger charge is -2.19. The van der Waals surface area contributed by atoms with E-state index >= 15 is 0 Å². The fourth-order valence-corrected chi connectivity index (χ4v) is 15.4. The van der Waals surface area contributed by atoms with Crippen LogP contribution in [-0.2, 0) is 0 Å². The molecule has 18 aromatic rings. The molecular weight excluding hydrogens is 1670 g/mol. The lowest BCUT2D eigenvalue weighted by Crippen LogP contribution is -2.15. The molecular formula is C108H114N6O6S6. The molecule has 18 heteroatoms. The number of nitrogens with one attached hydrogen (secondary N) is 6. The Balaban J connectivity index is 0.000000177. The average Bonchev–Trinajstić information content (AvgIpc) is 1.38. The number of thiophene rings is 6. The van der Waals surface area contributed by atoms with Gasteiger partial charge in [0.25, 0.3) is 0 Å². The minimum absolute atomic E-state index is 0.00230. The first kappa shape index (κ1) is 44.6. The van der Waals surface area contributed by atoms with Crippen LogP contribution in [0.1, 0.15) is 181 Å². The van der Waals surface area contributed by atoms with Crippen LogP contribution in [0.5, 0.6) is 34.5 Å². The summed E-state index contributed by atoms with van der Waals surface area (Å²) in [6.07, 6.45) is -21.9. The smallest absolute Gasteiger partial charge is 0.134 e. The quantitative estimate of drug-likeness (QED) is 0.0224. The Hall–Kier alpha value is -11.0. The third kappa shape index (κ3) is 27.0. The third-order valence-corrected chi connectivity index (χ3v) is 22.1. The molecule has 18 rings (SSSR count). The highest BCUT2D eigenvalue weighted by molar-refractivity contribution is 7.11. The molecule has 6 aromatic heterocycles. The van der Waals surface area contributed by atoms with Crippen molar-refractivity contribution in [2.45, 2.75) is 74.9 Å². The largest absolute Gasteiger partial charge is 0.484 e. The van der Waals surface area contributed by atoms with Gasteiger partial charge in [-0.1, -0.05) is 255 Å². The summed E-state index contributed by atoms with van der Waals surface area (Å²) in [5.41, 5.74) is 0. The van der Waals surface area contributed by atoms with Crippen molar-refractivity contribution in [3.05, 3.63) is 389 Å². The monoisotopic (exact) mass is 1840 g/mol. The maximum atomic E-state index is 8.95. The van der Waals surface area contributed by atoms with E-state index in [1.54, 1.807) is 149 Å². The molecule has 0 radical (unpaired) electrons. The topological polar surface area (TPSA) is 128 Å². The van der Waals surface area contributed by atoms with Crippen molar-refractivity contribution in [3.63, 3.8) is 0 Å². The van der Waals surface area contributed by atoms with Crippen LogP contribution >= 0.6 is 68.0 Å². The number of hydrogen-bond acceptors (Lipinski definition) is 18. The van der Waals surface area contributed by atoms with Gasteiger partial charge in [-0.05, 0) is 218 Å². The van der Waals surface area contributed by atoms with E-state index in [1.165, 1.54) is 17.4 Å². The molecule has 0 saturated carbocycles. The highest BCUT2D eigenvalue weighted by Gasteiger charge is 2.22. The molecule has 6 unspecified atom stereocenters. The summed E-state index contributed by atoms with van der Waals surface area (Å²) in [5.74, 6) is 0.813. The van der Waals surface area contributed by atoms with Gasteiger partial charge < -0.3 is 60.3 Å². The van der Waals surface area contributed by atoms with Crippen LogP contribution in [-0.4, -0.2) is 81.0 Å². The van der Waals surface area contributed by atoms with Crippen molar-refractivity contribution in [1.29, 1.82) is 0 Å². The molecule has 0 aliphatic carbocycles. The Bertz CT molecular complexity index is 9100. The van der Waals surface area contributed by atoms with E-state index in [0.29, 0.717) is 78.0 Å². The van der Waals surface area contributed by atoms with Gasteiger partial charge in [-0.25, -0.2) is 0 Å². The Morgan fingerprint density at radius 2 is 0.627 bits per heavy atom. The predicted octanol–water partition coefficient (Wildman–Crippen LogP) is 27.8. The molecule has 12 nitrogen and oxygen atoms in total. The zero-order valence-corrected chi connectivity index (χ0v) is 71.1. The lowest BCUT2D eigenvalue weighted by molar-refractivity contribution is 0.201. The number of fused-ring (bicyclic) bond motifs is 6. The maximum Gasteiger partial charge on any atom is 0.134 e. The summed E-state index contributed by atoms with van der Waals surface area (Å²) in [6.45, 7) is -26.0. The van der Waals surface area contributed by atoms with Crippen molar-refractivity contribution in [1.82, 2.24) is 31.9 Å². The van der Waals surface area contributed by atoms with E-state index in [9.17, 15) is 0 Å². The minimum atomic E-state index is -3.40. The highest BCUT2D eigenvalue weighted by Crippen LogP contribution is 2.40. The maximum absolute atomic E-state index is 8.95. The summed E-state index contributed by atoms with van der Waals surface area (Å²) in [7, 11) is 0. The molecule has 12 aromatic carbocycles. The summed E-state index contributed by atoms with van der Waals surface area (Å²) < 4.78 is 478. The van der Waals surface area contributed by atoms with Crippen molar-refractivity contribution in [3.8, 4) is 34.5 Å². The van der Waals surface area contributed by atoms with Gasteiger partial charge in [0.05, 0.1) is 35.6 Å². The van der Waals surface area contributed by atoms with Gasteiger partial charge in [0, 0.05) is 141 Å². The van der Waals surface area contributed by atoms with Gasteiger partial charge in [0.1, 0.15) is 71.0 Å². The van der Waals surface area contributed by atoms with Gasteiger partial charge in [-0.2, -0.15) is 0 Å². The molecule has 0 fully saturated rings. The third-order valence-electron chi connectivity index (χ3n) is 17.5. The van der Waals surface area contributed by atoms with E-state index < -0.39 is 231 Å². The Labute approximate surface area is 845 Å². The van der Waals surface area contributed by atoms with Gasteiger partial charge in [-0.15, -0.1) is 68.0 Å². The fraction of sp³-hybridized carbons (Fsp3) is 0.222. The minimum Gasteiger partial charge on any atom is -0.484 e. The Morgan fingerprint density at radius 1 is 0.262 bits per heavy atom. The second-order valence-corrected chi connectivity index (χ2v) is 30.6. The van der Waals surface area contributed by atoms with Crippen molar-refractivity contribution in [2.75, 3.05) is 81.0 Å². The molecule has 0 saturated heterocycles. The van der Waals surface area contributed by atoms with Crippen LogP contribution in [0.2, 0.25) is 0 Å². The van der Waals surface area contributed by atoms with E-state index in [2.05, 4.69) is 16.0 Å². The Morgan fingerprint density at radius 3 is 1.07 bits per heavy atom. The lowest BCUT2D eigenvalue weighted by atomic mass is 10.1. The SMILES string of the molecule is [2H]c1c([2H])c([2H])c2c(OC(CCNC([2H])([2H])[2H])c3cccs3)c([2H])c([2H])c([2H])c2c1[2H].[2H]c1sc(C(Oc2cccc3ccccc23)C([2H])([2H])C([2H])([2H])NC([2H])([2H])[2H])c([2H])c1[2H].[2H]c1sc(C([2H])(CC([2H])([2H])NC([2H])([2H])[2H])Oc2cccc3ccccc23)c([2H])c1[2H].[2H]c1sc(C([2H])(CCNC([2H])([2H])[2H])Oc2cccc3ccccc23)c([2H])c1[2H].[2H]c1sc(C([2H])(Oc2cccc3ccccc23)C([2H])([2H])C([2H])([2H])NC([2H])([2H])[2H])c([2H])c1[2H].[2H]c1sc(C([2H])(Oc2cccc3ccccc23)C([2H])([2H])CNC([2H])([2H])[2H])c([2H])c1[2H]. The van der Waals surface area contributed by atoms with Gasteiger partial charge in [0.2, 0.25) is 0 Å². The molecule has 6 heterocycles. The summed E-state index contributed by atoms with van der Waals surface area (Å²) in [5, 5.41) is 19.2. The van der Waals surface area contributed by atoms with Crippen LogP contribution < -0.4 is 60.3 Å². The number of rotatable bonds is 36. The molecule has 0 aliphatic heterocycles. The molecule has 648 valence electrons. The molecule has 6 N–H and O–H groups in total. The first-order valence-corrected chi connectivity index (χ1v) is 43.0. The summed E-state index contributed by atoms with van der Waals surface area (Å²) >= 11 is 4.53. The molecule has 126 heavy (non-hydrogen) atoms. The van der Waals surface area contributed by atoms with Crippen molar-refractivity contribution in [2.24, 2.45) is 0 Å². The second-order valence-electron chi connectivity index (χ2n) is 25.5. The second kappa shape index (κ2) is 50.9. The molecule has 6 atom stereocenters. The van der Waals surface area contributed by atoms with E-state index in [0.717, 1.165) is 43.1 Å². The number of ether oxygens (including phenoxy) is 6. The standard InChI is InChI=1S/6C18H19NOS/c6*1-19-12-11-17(18-10-5-13-21-18)20-16-9-4-7-14-6-2-3-8-15(14)16/h6*2-10,13,17,19H,11-12H2,1H3/i1D3,2D,3D,4D,6D,7D,8D,9D;1D3,5D,10D,11D2,12D2,13D,17D;1D3,5D,10D,12D2,13D,17D;1D3,5D,10D,11D2,13D,17D;1D3,5D,10D,11D2,12D2,13D;1D3,5D,10D,13D,17D. The first-order valence-electron chi connectivity index (χ1n) is 66.1. The zero-order chi connectivity index (χ0) is 136. The molecule has 0 amide bonds. The van der Waals surface area contributed by atoms with Gasteiger partial charge in [0.15, 0.2) is 0 Å². The highest BCUT2D eigenvalue weighted by atomic mass is 32.1. The van der Waals surface area contributed by atoms with Gasteiger partial charge in [-0.3, -0.25) is 0 Å². The fourth-order valence-electron chi connectivity index (χ4n) is 11.9. The van der Waals surface area contributed by atoms with E-state index in [4.69, 9.17) is 105 Å². The van der Waals surface area contributed by atoms with Gasteiger partial charge >= 0.3 is 0 Å². The first-order chi connectivity index (χ1) is 84.1. The van der Waals surface area contributed by atoms with E-state index in [1.807, 2.05) is 90.2 Å². The van der Waals surface area contributed by atoms with E-state index in [-0.39, 0.29) is 118 Å². The molecule has 0 bridgehead atoms. The van der Waals surface area contributed by atoms with Crippen LogP contribution in [0.25, 0.3) is 64.6 Å². The van der Waals surface area contributed by atoms with Crippen molar-refractivity contribution < 1.29 is 105 Å². The predicted molar refractivity (Wildman–Crippen MR) is 541 cm³/mol. The molecule has 0 spiro atoms. The summed E-state index contributed by atoms with van der Waals surface area (Å²) in [6, 6.07) is 57.0. The average molecular weight is 1840 g/mol. The zero-order valence-electron chi connectivity index (χ0n) is 122. The van der Waals surface area contributed by atoms with Crippen molar-refractivity contribution >= 4 is 133 Å². The number of benzene rings is 12. The van der Waals surface area contributed by atoms with Crippen LogP contribution in [0.4, 0.5) is 0 Å². The normalized spacial score (nSPS) is 21.1.